The zero-order chi connectivity index (χ0) is 21.0. The van der Waals surface area contributed by atoms with Crippen LogP contribution in [-0.4, -0.2) is 64.7 Å². The second-order valence-corrected chi connectivity index (χ2v) is 8.01. The lowest BCUT2D eigenvalue weighted by Crippen LogP contribution is -2.50. The zero-order valence-corrected chi connectivity index (χ0v) is 17.6. The van der Waals surface area contributed by atoms with Crippen molar-refractivity contribution in [3.63, 3.8) is 0 Å². The van der Waals surface area contributed by atoms with Gasteiger partial charge in [-0.15, -0.1) is 0 Å². The maximum absolute atomic E-state index is 12.3. The van der Waals surface area contributed by atoms with Crippen LogP contribution in [0.5, 0.6) is 0 Å². The quantitative estimate of drug-likeness (QED) is 0.818. The number of imidazole rings is 1. The number of piperazine rings is 1. The second kappa shape index (κ2) is 8.59. The molecule has 0 aromatic carbocycles. The van der Waals surface area contributed by atoms with E-state index in [1.165, 1.54) is 0 Å². The number of nitrogens with zero attached hydrogens (tertiary/aromatic N) is 4. The van der Waals surface area contributed by atoms with Crippen molar-refractivity contribution in [2.75, 3.05) is 37.6 Å². The van der Waals surface area contributed by atoms with Crippen molar-refractivity contribution in [1.29, 1.82) is 0 Å². The van der Waals surface area contributed by atoms with Gasteiger partial charge in [0.2, 0.25) is 0 Å². The molecule has 3 rings (SSSR count). The fourth-order valence-electron chi connectivity index (χ4n) is 3.23. The van der Waals surface area contributed by atoms with Gasteiger partial charge in [0.15, 0.2) is 0 Å². The van der Waals surface area contributed by atoms with Crippen LogP contribution in [0.25, 0.3) is 5.65 Å². The van der Waals surface area contributed by atoms with E-state index in [1.807, 2.05) is 56.5 Å². The fourth-order valence-corrected chi connectivity index (χ4v) is 3.23. The Morgan fingerprint density at radius 1 is 1.14 bits per heavy atom. The van der Waals surface area contributed by atoms with Gasteiger partial charge in [-0.3, -0.25) is 4.40 Å². The number of amides is 3. The molecule has 0 spiro atoms. The molecule has 3 heterocycles. The number of carbonyl (C=O) groups is 2. The Balaban J connectivity index is 1.66. The molecule has 0 unspecified atom stereocenters. The van der Waals surface area contributed by atoms with E-state index in [2.05, 4.69) is 20.5 Å². The minimum absolute atomic E-state index is 0.206. The average Bonchev–Trinajstić information content (AvgIpc) is 3.08. The first-order chi connectivity index (χ1) is 13.8. The summed E-state index contributed by atoms with van der Waals surface area (Å²) in [6.45, 7) is 11.1. The third kappa shape index (κ3) is 5.30. The standard InChI is InChI=1S/C20H30N6O3/c1-5-21-18(27)22-13-15-14-26-16(23-15)7-6-8-17(26)24-9-11-25(12-10-24)19(28)29-20(2,3)4/h6-8,14H,5,9-13H2,1-4H3,(H2,21,22,27). The molecule has 0 atom stereocenters. The van der Waals surface area contributed by atoms with E-state index < -0.39 is 5.60 Å². The normalized spacial score (nSPS) is 14.8. The molecule has 9 heteroatoms. The van der Waals surface area contributed by atoms with Crippen LogP contribution in [0.3, 0.4) is 0 Å². The van der Waals surface area contributed by atoms with E-state index in [1.54, 1.807) is 4.90 Å². The summed E-state index contributed by atoms with van der Waals surface area (Å²) in [7, 11) is 0. The maximum atomic E-state index is 12.3. The number of pyridine rings is 1. The number of hydrogen-bond acceptors (Lipinski definition) is 5. The van der Waals surface area contributed by atoms with Crippen molar-refractivity contribution in [3.05, 3.63) is 30.1 Å². The van der Waals surface area contributed by atoms with Crippen LogP contribution in [0.4, 0.5) is 15.4 Å². The minimum atomic E-state index is -0.491. The fraction of sp³-hybridized carbons (Fsp3) is 0.550. The summed E-state index contributed by atoms with van der Waals surface area (Å²) in [6, 6.07) is 5.75. The highest BCUT2D eigenvalue weighted by Gasteiger charge is 2.26. The zero-order valence-electron chi connectivity index (χ0n) is 17.6. The summed E-state index contributed by atoms with van der Waals surface area (Å²) in [4.78, 5) is 32.5. The Labute approximate surface area is 171 Å². The molecule has 0 radical (unpaired) electrons. The van der Waals surface area contributed by atoms with Crippen molar-refractivity contribution in [2.24, 2.45) is 0 Å². The van der Waals surface area contributed by atoms with Crippen LogP contribution in [0, 0.1) is 0 Å². The van der Waals surface area contributed by atoms with Gasteiger partial charge in [0.05, 0.1) is 12.2 Å². The minimum Gasteiger partial charge on any atom is -0.444 e. The van der Waals surface area contributed by atoms with Crippen molar-refractivity contribution in [1.82, 2.24) is 24.9 Å². The van der Waals surface area contributed by atoms with E-state index >= 15 is 0 Å². The molecule has 2 N–H and O–H groups in total. The number of nitrogens with one attached hydrogen (secondary N) is 2. The maximum Gasteiger partial charge on any atom is 0.410 e. The smallest absolute Gasteiger partial charge is 0.410 e. The molecule has 9 nitrogen and oxygen atoms in total. The van der Waals surface area contributed by atoms with Crippen LogP contribution in [-0.2, 0) is 11.3 Å². The molecular weight excluding hydrogens is 372 g/mol. The van der Waals surface area contributed by atoms with Gasteiger partial charge in [-0.2, -0.15) is 0 Å². The first kappa shape index (κ1) is 20.8. The number of aromatic nitrogens is 2. The Morgan fingerprint density at radius 2 is 1.86 bits per heavy atom. The van der Waals surface area contributed by atoms with E-state index in [4.69, 9.17) is 4.74 Å². The number of hydrogen-bond donors (Lipinski definition) is 2. The third-order valence-electron chi connectivity index (χ3n) is 4.54. The predicted molar refractivity (Wildman–Crippen MR) is 111 cm³/mol. The van der Waals surface area contributed by atoms with Crippen molar-refractivity contribution >= 4 is 23.6 Å². The van der Waals surface area contributed by atoms with Gasteiger partial charge in [-0.1, -0.05) is 6.07 Å². The average molecular weight is 402 g/mol. The monoisotopic (exact) mass is 402 g/mol. The SMILES string of the molecule is CCNC(=O)NCc1cn2c(N3CCN(C(=O)OC(C)(C)C)CC3)cccc2n1. The summed E-state index contributed by atoms with van der Waals surface area (Å²) < 4.78 is 7.49. The van der Waals surface area contributed by atoms with E-state index in [0.717, 1.165) is 17.2 Å². The van der Waals surface area contributed by atoms with E-state index in [9.17, 15) is 9.59 Å². The van der Waals surface area contributed by atoms with Crippen LogP contribution < -0.4 is 15.5 Å². The molecule has 2 aromatic heterocycles. The first-order valence-corrected chi connectivity index (χ1v) is 9.98. The summed E-state index contributed by atoms with van der Waals surface area (Å²) in [6.07, 6.45) is 1.67. The van der Waals surface area contributed by atoms with Crippen LogP contribution in [0.2, 0.25) is 0 Å². The Kier molecular flexibility index (Phi) is 6.14. The summed E-state index contributed by atoms with van der Waals surface area (Å²) in [5, 5.41) is 5.50. The van der Waals surface area contributed by atoms with Gasteiger partial charge in [0.25, 0.3) is 0 Å². The lowest BCUT2D eigenvalue weighted by Gasteiger charge is -2.36. The lowest BCUT2D eigenvalue weighted by molar-refractivity contribution is 0.0240. The molecule has 29 heavy (non-hydrogen) atoms. The third-order valence-corrected chi connectivity index (χ3v) is 4.54. The Morgan fingerprint density at radius 3 is 2.52 bits per heavy atom. The number of rotatable bonds is 4. The molecule has 2 aromatic rings. The second-order valence-electron chi connectivity index (χ2n) is 8.01. The Bertz CT molecular complexity index is 865. The lowest BCUT2D eigenvalue weighted by atomic mass is 10.2. The molecule has 3 amide bonds. The summed E-state index contributed by atoms with van der Waals surface area (Å²) in [5.41, 5.74) is 1.12. The largest absolute Gasteiger partial charge is 0.444 e. The van der Waals surface area contributed by atoms with Gasteiger partial charge in [-0.05, 0) is 39.8 Å². The van der Waals surface area contributed by atoms with Crippen molar-refractivity contribution in [2.45, 2.75) is 39.8 Å². The number of ether oxygens (including phenoxy) is 1. The molecule has 158 valence electrons. The number of carbonyl (C=O) groups excluding carboxylic acids is 2. The molecular formula is C20H30N6O3. The molecule has 1 aliphatic rings. The van der Waals surface area contributed by atoms with Crippen molar-refractivity contribution in [3.8, 4) is 0 Å². The Hall–Kier alpha value is -2.97. The van der Waals surface area contributed by atoms with E-state index in [0.29, 0.717) is 39.3 Å². The topological polar surface area (TPSA) is 91.2 Å². The van der Waals surface area contributed by atoms with Crippen LogP contribution in [0.15, 0.2) is 24.4 Å². The molecule has 1 aliphatic heterocycles. The van der Waals surface area contributed by atoms with Gasteiger partial charge < -0.3 is 25.2 Å². The van der Waals surface area contributed by atoms with Gasteiger partial charge in [-0.25, -0.2) is 14.6 Å². The highest BCUT2D eigenvalue weighted by atomic mass is 16.6. The number of fused-ring (bicyclic) bond motifs is 1. The molecule has 1 fully saturated rings. The molecule has 1 saturated heterocycles. The molecule has 0 bridgehead atoms. The highest BCUT2D eigenvalue weighted by Crippen LogP contribution is 2.20. The van der Waals surface area contributed by atoms with Crippen molar-refractivity contribution < 1.29 is 14.3 Å². The van der Waals surface area contributed by atoms with Crippen LogP contribution in [0.1, 0.15) is 33.4 Å². The molecule has 0 aliphatic carbocycles. The predicted octanol–water partition coefficient (Wildman–Crippen LogP) is 2.21. The molecule has 0 saturated carbocycles. The summed E-state index contributed by atoms with van der Waals surface area (Å²) >= 11 is 0. The van der Waals surface area contributed by atoms with Gasteiger partial charge >= 0.3 is 12.1 Å². The van der Waals surface area contributed by atoms with Crippen LogP contribution >= 0.6 is 0 Å². The number of urea groups is 1. The highest BCUT2D eigenvalue weighted by molar-refractivity contribution is 5.73. The van der Waals surface area contributed by atoms with E-state index in [-0.39, 0.29) is 12.1 Å². The first-order valence-electron chi connectivity index (χ1n) is 9.98. The number of anilines is 1. The van der Waals surface area contributed by atoms with Gasteiger partial charge in [0, 0.05) is 38.9 Å². The van der Waals surface area contributed by atoms with Gasteiger partial charge in [0.1, 0.15) is 17.1 Å². The summed E-state index contributed by atoms with van der Waals surface area (Å²) in [5.74, 6) is 1.02.